The van der Waals surface area contributed by atoms with Crippen molar-refractivity contribution in [1.29, 1.82) is 0 Å². The minimum absolute atomic E-state index is 0.0982. The molecule has 136 valence electrons. The van der Waals surface area contributed by atoms with Gasteiger partial charge in [0.15, 0.2) is 6.17 Å². The first-order valence-electron chi connectivity index (χ1n) is 8.53. The topological polar surface area (TPSA) is 54.5 Å². The first kappa shape index (κ1) is 17.4. The number of ether oxygens (including phenoxy) is 1. The molecule has 1 amide bonds. The summed E-state index contributed by atoms with van der Waals surface area (Å²) >= 11 is 6.26. The van der Waals surface area contributed by atoms with E-state index in [1.807, 2.05) is 49.4 Å². The molecule has 3 aromatic rings. The summed E-state index contributed by atoms with van der Waals surface area (Å²) < 4.78 is 5.22. The Balaban J connectivity index is 1.76. The molecular formula is C21H18ClN3O2. The average Bonchev–Trinajstić information content (AvgIpc) is 2.97. The Hall–Kier alpha value is -3.05. The van der Waals surface area contributed by atoms with Gasteiger partial charge in [0.1, 0.15) is 5.75 Å². The van der Waals surface area contributed by atoms with Crippen LogP contribution in [0.4, 0.5) is 11.4 Å². The summed E-state index contributed by atoms with van der Waals surface area (Å²) in [5.74, 6) is 0.634. The van der Waals surface area contributed by atoms with E-state index in [1.54, 1.807) is 30.3 Å². The molecule has 27 heavy (non-hydrogen) atoms. The molecule has 1 aliphatic heterocycles. The molecule has 1 N–H and O–H groups in total. The van der Waals surface area contributed by atoms with Crippen LogP contribution in [0.5, 0.6) is 5.75 Å². The van der Waals surface area contributed by atoms with Gasteiger partial charge in [-0.15, -0.1) is 0 Å². The maximum atomic E-state index is 13.1. The van der Waals surface area contributed by atoms with Crippen LogP contribution in [0.1, 0.15) is 27.8 Å². The summed E-state index contributed by atoms with van der Waals surface area (Å²) in [6.45, 7) is 1.95. The van der Waals surface area contributed by atoms with Crippen molar-refractivity contribution in [3.63, 3.8) is 0 Å². The zero-order valence-electron chi connectivity index (χ0n) is 14.9. The van der Waals surface area contributed by atoms with Crippen molar-refractivity contribution in [1.82, 2.24) is 4.98 Å². The number of methoxy groups -OCH3 is 1. The third-order valence-electron chi connectivity index (χ3n) is 4.63. The Morgan fingerprint density at radius 3 is 2.63 bits per heavy atom. The summed E-state index contributed by atoms with van der Waals surface area (Å²) in [6, 6.07) is 16.7. The van der Waals surface area contributed by atoms with Crippen molar-refractivity contribution in [2.45, 2.75) is 13.1 Å². The van der Waals surface area contributed by atoms with Gasteiger partial charge >= 0.3 is 0 Å². The molecule has 1 atom stereocenters. The number of amides is 1. The molecule has 2 heterocycles. The van der Waals surface area contributed by atoms with Gasteiger partial charge in [0.25, 0.3) is 5.91 Å². The highest BCUT2D eigenvalue weighted by Gasteiger charge is 2.39. The number of carbonyl (C=O) groups is 1. The Labute approximate surface area is 162 Å². The number of halogens is 1. The maximum Gasteiger partial charge on any atom is 0.262 e. The van der Waals surface area contributed by atoms with E-state index in [0.29, 0.717) is 16.3 Å². The van der Waals surface area contributed by atoms with Crippen molar-refractivity contribution >= 4 is 28.9 Å². The molecule has 0 aliphatic carbocycles. The van der Waals surface area contributed by atoms with Gasteiger partial charge in [-0.3, -0.25) is 14.7 Å². The fourth-order valence-corrected chi connectivity index (χ4v) is 3.35. The number of aryl methyl sites for hydroxylation is 1. The molecule has 2 aromatic carbocycles. The largest absolute Gasteiger partial charge is 0.497 e. The number of pyridine rings is 1. The number of benzene rings is 2. The van der Waals surface area contributed by atoms with Crippen LogP contribution in [0.2, 0.25) is 5.02 Å². The summed E-state index contributed by atoms with van der Waals surface area (Å²) in [7, 11) is 1.61. The zero-order valence-corrected chi connectivity index (χ0v) is 15.7. The highest BCUT2D eigenvalue weighted by molar-refractivity contribution is 6.31. The molecule has 1 aromatic heterocycles. The first-order valence-corrected chi connectivity index (χ1v) is 8.91. The molecule has 6 heteroatoms. The highest BCUT2D eigenvalue weighted by Crippen LogP contribution is 2.37. The van der Waals surface area contributed by atoms with Crippen molar-refractivity contribution in [3.8, 4) is 5.75 Å². The number of hydrogen-bond acceptors (Lipinski definition) is 4. The van der Waals surface area contributed by atoms with Crippen molar-refractivity contribution in [2.75, 3.05) is 17.3 Å². The number of fused-ring (bicyclic) bond motifs is 1. The first-order chi connectivity index (χ1) is 13.1. The molecule has 0 saturated carbocycles. The van der Waals surface area contributed by atoms with Gasteiger partial charge in [-0.05, 0) is 61.0 Å². The minimum Gasteiger partial charge on any atom is -0.497 e. The number of anilines is 2. The molecule has 4 rings (SSSR count). The molecule has 0 spiro atoms. The second-order valence-corrected chi connectivity index (χ2v) is 6.73. The van der Waals surface area contributed by atoms with Gasteiger partial charge in [-0.1, -0.05) is 17.7 Å². The second kappa shape index (κ2) is 6.93. The molecule has 0 unspecified atom stereocenters. The van der Waals surface area contributed by atoms with Crippen molar-refractivity contribution in [3.05, 3.63) is 82.6 Å². The smallest absolute Gasteiger partial charge is 0.262 e. The number of carbonyl (C=O) groups excluding carboxylic acids is 1. The Kier molecular flexibility index (Phi) is 4.46. The fraction of sp³-hybridized carbons (Fsp3) is 0.143. The average molecular weight is 380 g/mol. The number of rotatable bonds is 4. The molecule has 0 radical (unpaired) electrons. The maximum absolute atomic E-state index is 13.1. The summed E-state index contributed by atoms with van der Waals surface area (Å²) in [5, 5.41) is 4.07. The third-order valence-corrected chi connectivity index (χ3v) is 5.04. The van der Waals surface area contributed by atoms with Crippen molar-refractivity contribution in [2.24, 2.45) is 0 Å². The Morgan fingerprint density at radius 1 is 1.15 bits per heavy atom. The van der Waals surface area contributed by atoms with E-state index in [-0.39, 0.29) is 5.91 Å². The SMILES string of the molecule is COc1ccc(N2C(=O)c3cccnc3[C@@H]2Nc2ccc(C)c(Cl)c2)cc1. The lowest BCUT2D eigenvalue weighted by Crippen LogP contribution is -2.32. The normalized spacial score (nSPS) is 15.6. The summed E-state index contributed by atoms with van der Waals surface area (Å²) in [5.41, 5.74) is 3.85. The Morgan fingerprint density at radius 2 is 1.93 bits per heavy atom. The lowest BCUT2D eigenvalue weighted by Gasteiger charge is -2.27. The van der Waals surface area contributed by atoms with Crippen LogP contribution >= 0.6 is 11.6 Å². The van der Waals surface area contributed by atoms with Crippen LogP contribution in [0, 0.1) is 6.92 Å². The summed E-state index contributed by atoms with van der Waals surface area (Å²) in [6.07, 6.45) is 1.27. The Bertz CT molecular complexity index is 1000. The monoisotopic (exact) mass is 379 g/mol. The van der Waals surface area contributed by atoms with Gasteiger partial charge in [-0.25, -0.2) is 0 Å². The van der Waals surface area contributed by atoms with Crippen LogP contribution in [0.3, 0.4) is 0 Å². The predicted molar refractivity (Wildman–Crippen MR) is 107 cm³/mol. The van der Waals surface area contributed by atoms with Crippen LogP contribution < -0.4 is 15.0 Å². The van der Waals surface area contributed by atoms with E-state index >= 15 is 0 Å². The molecule has 0 saturated heterocycles. The minimum atomic E-state index is -0.430. The lowest BCUT2D eigenvalue weighted by atomic mass is 10.2. The highest BCUT2D eigenvalue weighted by atomic mass is 35.5. The van der Waals surface area contributed by atoms with E-state index in [0.717, 1.165) is 22.7 Å². The second-order valence-electron chi connectivity index (χ2n) is 6.32. The molecule has 0 fully saturated rings. The predicted octanol–water partition coefficient (Wildman–Crippen LogP) is 4.82. The van der Waals surface area contributed by atoms with Crippen molar-refractivity contribution < 1.29 is 9.53 Å². The molecule has 0 bridgehead atoms. The standard InChI is InChI=1S/C21H18ClN3O2/c1-13-5-6-14(12-18(13)22)24-20-19-17(4-3-11-23-19)21(26)25(20)15-7-9-16(27-2)10-8-15/h3-12,20,24H,1-2H3/t20-/m1/s1. The van der Waals surface area contributed by atoms with Gasteiger partial charge < -0.3 is 10.1 Å². The molecule has 5 nitrogen and oxygen atoms in total. The van der Waals surface area contributed by atoms with Crippen LogP contribution in [-0.2, 0) is 0 Å². The van der Waals surface area contributed by atoms with E-state index in [9.17, 15) is 4.79 Å². The van der Waals surface area contributed by atoms with E-state index in [1.165, 1.54) is 0 Å². The van der Waals surface area contributed by atoms with E-state index in [4.69, 9.17) is 16.3 Å². The number of nitrogens with one attached hydrogen (secondary N) is 1. The van der Waals surface area contributed by atoms with Crippen LogP contribution in [0.25, 0.3) is 0 Å². The third kappa shape index (κ3) is 3.11. The van der Waals surface area contributed by atoms with Gasteiger partial charge in [0, 0.05) is 22.6 Å². The van der Waals surface area contributed by atoms with Crippen LogP contribution in [0.15, 0.2) is 60.8 Å². The summed E-state index contributed by atoms with van der Waals surface area (Å²) in [4.78, 5) is 19.2. The van der Waals surface area contributed by atoms with E-state index < -0.39 is 6.17 Å². The number of aromatic nitrogens is 1. The lowest BCUT2D eigenvalue weighted by molar-refractivity contribution is 0.0993. The quantitative estimate of drug-likeness (QED) is 0.705. The molecule has 1 aliphatic rings. The number of hydrogen-bond donors (Lipinski definition) is 1. The van der Waals surface area contributed by atoms with Gasteiger partial charge in [0.2, 0.25) is 0 Å². The zero-order chi connectivity index (χ0) is 19.0. The van der Waals surface area contributed by atoms with E-state index in [2.05, 4.69) is 10.3 Å². The van der Waals surface area contributed by atoms with Crippen LogP contribution in [-0.4, -0.2) is 18.0 Å². The number of nitrogens with zero attached hydrogens (tertiary/aromatic N) is 2. The molecular weight excluding hydrogens is 362 g/mol. The van der Waals surface area contributed by atoms with Gasteiger partial charge in [0.05, 0.1) is 18.4 Å². The van der Waals surface area contributed by atoms with Gasteiger partial charge in [-0.2, -0.15) is 0 Å². The fourth-order valence-electron chi connectivity index (χ4n) is 3.17.